The van der Waals surface area contributed by atoms with E-state index in [1.807, 2.05) is 6.07 Å². The van der Waals surface area contributed by atoms with Crippen molar-refractivity contribution in [1.82, 2.24) is 14.9 Å². The lowest BCUT2D eigenvalue weighted by atomic mass is 10.1. The fourth-order valence-corrected chi connectivity index (χ4v) is 2.81. The topological polar surface area (TPSA) is 58.3 Å². The van der Waals surface area contributed by atoms with Crippen LogP contribution in [0.3, 0.4) is 0 Å². The second-order valence-electron chi connectivity index (χ2n) is 5.73. The monoisotopic (exact) mass is 263 g/mol. The molecule has 0 radical (unpaired) electrons. The van der Waals surface area contributed by atoms with E-state index in [9.17, 15) is 0 Å². The largest absolute Gasteiger partial charge is 0.384 e. The van der Waals surface area contributed by atoms with Crippen LogP contribution in [0.15, 0.2) is 6.07 Å². The first kappa shape index (κ1) is 14.1. The second-order valence-corrected chi connectivity index (χ2v) is 5.73. The van der Waals surface area contributed by atoms with E-state index in [1.165, 1.54) is 0 Å². The van der Waals surface area contributed by atoms with Crippen molar-refractivity contribution < 1.29 is 0 Å². The summed E-state index contributed by atoms with van der Waals surface area (Å²) in [6, 6.07) is 2.47. The van der Waals surface area contributed by atoms with Crippen LogP contribution in [0, 0.1) is 5.92 Å². The van der Waals surface area contributed by atoms with Gasteiger partial charge in [-0.05, 0) is 26.4 Å². The van der Waals surface area contributed by atoms with Crippen LogP contribution in [0.1, 0.15) is 26.1 Å². The number of aromatic nitrogens is 2. The van der Waals surface area contributed by atoms with Gasteiger partial charge in [-0.3, -0.25) is 0 Å². The number of aryl methyl sites for hydroxylation is 1. The number of nitrogens with two attached hydrogens (primary N) is 1. The van der Waals surface area contributed by atoms with Gasteiger partial charge in [-0.1, -0.05) is 13.8 Å². The molecule has 2 heterocycles. The Morgan fingerprint density at radius 3 is 2.68 bits per heavy atom. The lowest BCUT2D eigenvalue weighted by molar-refractivity contribution is 0.266. The fourth-order valence-electron chi connectivity index (χ4n) is 2.81. The molecule has 1 aromatic heterocycles. The molecule has 5 nitrogen and oxygen atoms in total. The molecule has 106 valence electrons. The average molecular weight is 263 g/mol. The first-order valence-corrected chi connectivity index (χ1v) is 7.06. The van der Waals surface area contributed by atoms with Gasteiger partial charge in [0.05, 0.1) is 0 Å². The molecule has 2 rings (SSSR count). The minimum absolute atomic E-state index is 0.575. The summed E-state index contributed by atoms with van der Waals surface area (Å²) in [5.74, 6) is 3.06. The third kappa shape index (κ3) is 3.15. The Labute approximate surface area is 115 Å². The van der Waals surface area contributed by atoms with Crippen LogP contribution >= 0.6 is 0 Å². The van der Waals surface area contributed by atoms with Gasteiger partial charge in [0.1, 0.15) is 17.5 Å². The average Bonchev–Trinajstić information content (AvgIpc) is 2.71. The molecule has 1 aromatic rings. The Morgan fingerprint density at radius 2 is 2.11 bits per heavy atom. The number of hydrogen-bond donors (Lipinski definition) is 1. The van der Waals surface area contributed by atoms with Crippen molar-refractivity contribution in [2.75, 3.05) is 37.8 Å². The van der Waals surface area contributed by atoms with Crippen LogP contribution in [-0.4, -0.2) is 48.1 Å². The number of anilines is 2. The Hall–Kier alpha value is -1.36. The van der Waals surface area contributed by atoms with E-state index < -0.39 is 0 Å². The zero-order valence-electron chi connectivity index (χ0n) is 12.4. The van der Waals surface area contributed by atoms with Crippen LogP contribution < -0.4 is 10.6 Å². The van der Waals surface area contributed by atoms with E-state index in [2.05, 4.69) is 47.7 Å². The van der Waals surface area contributed by atoms with Gasteiger partial charge in [-0.15, -0.1) is 0 Å². The first-order valence-electron chi connectivity index (χ1n) is 7.06. The van der Waals surface area contributed by atoms with Gasteiger partial charge in [-0.2, -0.15) is 0 Å². The van der Waals surface area contributed by atoms with Crippen molar-refractivity contribution in [2.45, 2.75) is 32.7 Å². The third-order valence-electron chi connectivity index (χ3n) is 3.81. The molecule has 1 aliphatic rings. The van der Waals surface area contributed by atoms with Gasteiger partial charge in [-0.25, -0.2) is 9.97 Å². The van der Waals surface area contributed by atoms with Crippen molar-refractivity contribution in [3.8, 4) is 0 Å². The summed E-state index contributed by atoms with van der Waals surface area (Å²) in [5, 5.41) is 0. The molecule has 0 spiro atoms. The third-order valence-corrected chi connectivity index (χ3v) is 3.81. The Morgan fingerprint density at radius 1 is 1.37 bits per heavy atom. The number of nitrogen functional groups attached to an aromatic ring is 1. The Bertz CT molecular complexity index is 432. The summed E-state index contributed by atoms with van der Waals surface area (Å²) in [6.07, 6.45) is 1.93. The molecule has 2 unspecified atom stereocenters. The normalized spacial score (nSPS) is 23.3. The summed E-state index contributed by atoms with van der Waals surface area (Å²) in [7, 11) is 4.28. The molecule has 1 aliphatic heterocycles. The minimum Gasteiger partial charge on any atom is -0.384 e. The molecule has 0 aromatic carbocycles. The maximum atomic E-state index is 5.90. The van der Waals surface area contributed by atoms with Crippen molar-refractivity contribution >= 4 is 11.6 Å². The molecule has 0 bridgehead atoms. The van der Waals surface area contributed by atoms with E-state index in [0.29, 0.717) is 17.8 Å². The van der Waals surface area contributed by atoms with E-state index in [0.717, 1.165) is 37.6 Å². The highest BCUT2D eigenvalue weighted by Gasteiger charge is 2.31. The summed E-state index contributed by atoms with van der Waals surface area (Å²) in [4.78, 5) is 13.6. The zero-order chi connectivity index (χ0) is 14.0. The van der Waals surface area contributed by atoms with Crippen LogP contribution in [0.2, 0.25) is 0 Å². The standard InChI is InChI=1S/C14H25N5/c1-5-6-13-16-12(15)7-14(17-13)19-8-10(2)11(9-19)18(3)4/h7,10-11H,5-6,8-9H2,1-4H3,(H2,15,16,17). The predicted octanol–water partition coefficient (Wildman–Crippen LogP) is 1.40. The van der Waals surface area contributed by atoms with Crippen molar-refractivity contribution in [3.05, 3.63) is 11.9 Å². The molecule has 0 amide bonds. The van der Waals surface area contributed by atoms with Crippen LogP contribution in [-0.2, 0) is 6.42 Å². The lowest BCUT2D eigenvalue weighted by Gasteiger charge is -2.22. The molecule has 1 fully saturated rings. The van der Waals surface area contributed by atoms with Crippen molar-refractivity contribution in [2.24, 2.45) is 5.92 Å². The van der Waals surface area contributed by atoms with Gasteiger partial charge in [0.2, 0.25) is 0 Å². The summed E-state index contributed by atoms with van der Waals surface area (Å²) < 4.78 is 0. The zero-order valence-corrected chi connectivity index (χ0v) is 12.4. The molecular weight excluding hydrogens is 238 g/mol. The Kier molecular flexibility index (Phi) is 4.24. The van der Waals surface area contributed by atoms with Crippen LogP contribution in [0.4, 0.5) is 11.6 Å². The lowest BCUT2D eigenvalue weighted by Crippen LogP contribution is -2.34. The molecular formula is C14H25N5. The predicted molar refractivity (Wildman–Crippen MR) is 79.3 cm³/mol. The maximum Gasteiger partial charge on any atom is 0.134 e. The highest BCUT2D eigenvalue weighted by atomic mass is 15.3. The molecule has 5 heteroatoms. The van der Waals surface area contributed by atoms with Gasteiger partial charge in [0, 0.05) is 31.6 Å². The molecule has 1 saturated heterocycles. The van der Waals surface area contributed by atoms with Gasteiger partial charge in [0.15, 0.2) is 0 Å². The molecule has 19 heavy (non-hydrogen) atoms. The molecule has 2 atom stereocenters. The van der Waals surface area contributed by atoms with Crippen LogP contribution in [0.25, 0.3) is 0 Å². The molecule has 0 saturated carbocycles. The van der Waals surface area contributed by atoms with Crippen molar-refractivity contribution in [3.63, 3.8) is 0 Å². The van der Waals surface area contributed by atoms with E-state index in [-0.39, 0.29) is 0 Å². The SMILES string of the molecule is CCCc1nc(N)cc(N2CC(C)C(N(C)C)C2)n1. The fraction of sp³-hybridized carbons (Fsp3) is 0.714. The second kappa shape index (κ2) is 5.74. The highest BCUT2D eigenvalue weighted by molar-refractivity contribution is 5.48. The van der Waals surface area contributed by atoms with E-state index in [1.54, 1.807) is 0 Å². The van der Waals surface area contributed by atoms with E-state index >= 15 is 0 Å². The summed E-state index contributed by atoms with van der Waals surface area (Å²) in [6.45, 7) is 6.47. The van der Waals surface area contributed by atoms with Crippen LogP contribution in [0.5, 0.6) is 0 Å². The quantitative estimate of drug-likeness (QED) is 0.890. The summed E-state index contributed by atoms with van der Waals surface area (Å²) >= 11 is 0. The van der Waals surface area contributed by atoms with Gasteiger partial charge < -0.3 is 15.5 Å². The van der Waals surface area contributed by atoms with E-state index in [4.69, 9.17) is 5.73 Å². The first-order chi connectivity index (χ1) is 9.01. The molecule has 2 N–H and O–H groups in total. The number of nitrogens with zero attached hydrogens (tertiary/aromatic N) is 4. The number of rotatable bonds is 4. The maximum absolute atomic E-state index is 5.90. The number of hydrogen-bond acceptors (Lipinski definition) is 5. The smallest absolute Gasteiger partial charge is 0.134 e. The van der Waals surface area contributed by atoms with Gasteiger partial charge >= 0.3 is 0 Å². The Balaban J connectivity index is 2.18. The highest BCUT2D eigenvalue weighted by Crippen LogP contribution is 2.25. The van der Waals surface area contributed by atoms with Gasteiger partial charge in [0.25, 0.3) is 0 Å². The molecule has 0 aliphatic carbocycles. The summed E-state index contributed by atoms with van der Waals surface area (Å²) in [5.41, 5.74) is 5.90. The minimum atomic E-state index is 0.575. The van der Waals surface area contributed by atoms with Crippen molar-refractivity contribution in [1.29, 1.82) is 0 Å². The number of likely N-dealkylation sites (N-methyl/N-ethyl adjacent to an activating group) is 1.